The standard InChI is InChI=1S/C6H13NO2Si/c1-3-5-7(10)6(8)9-4-2/h4H,2-3,5H2,1,10H3. The van der Waals surface area contributed by atoms with Gasteiger partial charge in [0.25, 0.3) is 0 Å². The largest absolute Gasteiger partial charge is 0.419 e. The molecule has 3 nitrogen and oxygen atoms in total. The first-order chi connectivity index (χ1) is 4.72. The lowest BCUT2D eigenvalue weighted by molar-refractivity contribution is 0.164. The molecule has 0 aromatic rings. The summed E-state index contributed by atoms with van der Waals surface area (Å²) in [4.78, 5) is 10.8. The molecule has 10 heavy (non-hydrogen) atoms. The van der Waals surface area contributed by atoms with Crippen molar-refractivity contribution in [2.75, 3.05) is 6.54 Å². The summed E-state index contributed by atoms with van der Waals surface area (Å²) in [7, 11) is 0.708. The monoisotopic (exact) mass is 159 g/mol. The highest BCUT2D eigenvalue weighted by Crippen LogP contribution is 1.90. The summed E-state index contributed by atoms with van der Waals surface area (Å²) in [6.07, 6.45) is 1.84. The maximum atomic E-state index is 10.8. The molecule has 0 aliphatic heterocycles. The molecule has 0 aromatic heterocycles. The van der Waals surface area contributed by atoms with Gasteiger partial charge in [-0.25, -0.2) is 4.79 Å². The Morgan fingerprint density at radius 3 is 2.90 bits per heavy atom. The maximum Gasteiger partial charge on any atom is 0.405 e. The minimum absolute atomic E-state index is 0.288. The Balaban J connectivity index is 3.58. The third-order valence-corrected chi connectivity index (χ3v) is 1.87. The molecule has 58 valence electrons. The van der Waals surface area contributed by atoms with E-state index in [1.165, 1.54) is 0 Å². The normalized spacial score (nSPS) is 8.90. The van der Waals surface area contributed by atoms with Gasteiger partial charge >= 0.3 is 6.09 Å². The Bertz CT molecular complexity index is 127. The van der Waals surface area contributed by atoms with E-state index in [0.29, 0.717) is 10.4 Å². The number of nitrogens with zero attached hydrogens (tertiary/aromatic N) is 1. The molecule has 0 saturated carbocycles. The van der Waals surface area contributed by atoms with Gasteiger partial charge in [-0.2, -0.15) is 0 Å². The number of ether oxygens (including phenoxy) is 1. The molecule has 0 saturated heterocycles. The Hall–Kier alpha value is -0.773. The van der Waals surface area contributed by atoms with E-state index in [-0.39, 0.29) is 6.09 Å². The van der Waals surface area contributed by atoms with Gasteiger partial charge in [0.2, 0.25) is 0 Å². The molecule has 0 aromatic carbocycles. The minimum atomic E-state index is -0.288. The Labute approximate surface area is 64.2 Å². The quantitative estimate of drug-likeness (QED) is 0.436. The molecular formula is C6H13NO2Si. The molecule has 1 amide bonds. The second-order valence-electron chi connectivity index (χ2n) is 1.97. The van der Waals surface area contributed by atoms with E-state index in [1.807, 2.05) is 6.92 Å². The van der Waals surface area contributed by atoms with Gasteiger partial charge in [0.15, 0.2) is 0 Å². The molecule has 0 rings (SSSR count). The second-order valence-corrected chi connectivity index (χ2v) is 3.05. The van der Waals surface area contributed by atoms with E-state index in [1.54, 1.807) is 4.57 Å². The first kappa shape index (κ1) is 9.23. The van der Waals surface area contributed by atoms with Crippen molar-refractivity contribution in [3.8, 4) is 0 Å². The topological polar surface area (TPSA) is 29.5 Å². The molecule has 0 radical (unpaired) electrons. The molecule has 0 aliphatic carbocycles. The molecule has 0 atom stereocenters. The predicted octanol–water partition coefficient (Wildman–Crippen LogP) is 0.259. The lowest BCUT2D eigenvalue weighted by Gasteiger charge is -2.13. The van der Waals surface area contributed by atoms with Crippen LogP contribution in [0.1, 0.15) is 13.3 Å². The maximum absolute atomic E-state index is 10.8. The summed E-state index contributed by atoms with van der Waals surface area (Å²) in [5.41, 5.74) is 0. The van der Waals surface area contributed by atoms with E-state index in [9.17, 15) is 4.79 Å². The fraction of sp³-hybridized carbons (Fsp3) is 0.500. The van der Waals surface area contributed by atoms with Gasteiger partial charge in [0.1, 0.15) is 10.4 Å². The van der Waals surface area contributed by atoms with Crippen molar-refractivity contribution in [2.45, 2.75) is 13.3 Å². The highest BCUT2D eigenvalue weighted by Gasteiger charge is 2.04. The fourth-order valence-corrected chi connectivity index (χ4v) is 1.14. The summed E-state index contributed by atoms with van der Waals surface area (Å²) in [5.74, 6) is 0. The first-order valence-corrected chi connectivity index (χ1v) is 4.14. The number of rotatable bonds is 3. The number of amides is 1. The molecule has 4 heteroatoms. The van der Waals surface area contributed by atoms with Crippen LogP contribution in [-0.2, 0) is 4.74 Å². The first-order valence-electron chi connectivity index (χ1n) is 3.25. The number of hydrogen-bond acceptors (Lipinski definition) is 2. The third kappa shape index (κ3) is 3.29. The number of carbonyl (C=O) groups excluding carboxylic acids is 1. The Kier molecular flexibility index (Phi) is 4.66. The van der Waals surface area contributed by atoms with Crippen LogP contribution in [0.4, 0.5) is 4.79 Å². The predicted molar refractivity (Wildman–Crippen MR) is 43.6 cm³/mol. The van der Waals surface area contributed by atoms with Crippen molar-refractivity contribution >= 4 is 16.5 Å². The number of carbonyl (C=O) groups is 1. The molecule has 0 fully saturated rings. The van der Waals surface area contributed by atoms with Gasteiger partial charge in [-0.3, -0.25) is 0 Å². The van der Waals surface area contributed by atoms with Gasteiger partial charge < -0.3 is 9.30 Å². The molecule has 0 heterocycles. The molecule has 0 aliphatic rings. The van der Waals surface area contributed by atoms with Gasteiger partial charge in [-0.05, 0) is 6.42 Å². The second kappa shape index (κ2) is 5.05. The van der Waals surface area contributed by atoms with Crippen molar-refractivity contribution in [2.24, 2.45) is 0 Å². The van der Waals surface area contributed by atoms with Crippen LogP contribution >= 0.6 is 0 Å². The Morgan fingerprint density at radius 2 is 2.50 bits per heavy atom. The molecular weight excluding hydrogens is 146 g/mol. The van der Waals surface area contributed by atoms with Crippen LogP contribution in [0.15, 0.2) is 12.8 Å². The molecule has 0 bridgehead atoms. The van der Waals surface area contributed by atoms with E-state index in [2.05, 4.69) is 11.3 Å². The SMILES string of the molecule is C=COC(=O)N([SiH3])CCC. The summed E-state index contributed by atoms with van der Waals surface area (Å²) in [5, 5.41) is 0. The van der Waals surface area contributed by atoms with Crippen LogP contribution in [0.25, 0.3) is 0 Å². The van der Waals surface area contributed by atoms with E-state index >= 15 is 0 Å². The lowest BCUT2D eigenvalue weighted by Crippen LogP contribution is -2.28. The summed E-state index contributed by atoms with van der Waals surface area (Å²) >= 11 is 0. The van der Waals surface area contributed by atoms with Crippen molar-refractivity contribution in [1.29, 1.82) is 0 Å². The molecule has 0 N–H and O–H groups in total. The summed E-state index contributed by atoms with van der Waals surface area (Å²) < 4.78 is 6.18. The summed E-state index contributed by atoms with van der Waals surface area (Å²) in [6, 6.07) is 0. The van der Waals surface area contributed by atoms with Gasteiger partial charge in [-0.15, -0.1) is 0 Å². The smallest absolute Gasteiger partial charge is 0.405 e. The Morgan fingerprint density at radius 1 is 1.90 bits per heavy atom. The average Bonchev–Trinajstić information content (AvgIpc) is 1.89. The highest BCUT2D eigenvalue weighted by atomic mass is 28.2. The van der Waals surface area contributed by atoms with Crippen molar-refractivity contribution in [1.82, 2.24) is 4.57 Å². The van der Waals surface area contributed by atoms with E-state index in [4.69, 9.17) is 0 Å². The van der Waals surface area contributed by atoms with Gasteiger partial charge in [0, 0.05) is 6.54 Å². The van der Waals surface area contributed by atoms with Crippen LogP contribution in [0, 0.1) is 0 Å². The summed E-state index contributed by atoms with van der Waals surface area (Å²) in [6.45, 7) is 6.09. The lowest BCUT2D eigenvalue weighted by atomic mass is 10.5. The van der Waals surface area contributed by atoms with Crippen molar-refractivity contribution < 1.29 is 9.53 Å². The van der Waals surface area contributed by atoms with E-state index in [0.717, 1.165) is 19.2 Å². The molecule has 0 unspecified atom stereocenters. The number of hydrogen-bond donors (Lipinski definition) is 0. The zero-order chi connectivity index (χ0) is 7.98. The van der Waals surface area contributed by atoms with Crippen LogP contribution in [0.3, 0.4) is 0 Å². The third-order valence-electron chi connectivity index (χ3n) is 1.05. The van der Waals surface area contributed by atoms with Crippen LogP contribution in [-0.4, -0.2) is 27.6 Å². The van der Waals surface area contributed by atoms with E-state index < -0.39 is 0 Å². The highest BCUT2D eigenvalue weighted by molar-refractivity contribution is 6.12. The minimum Gasteiger partial charge on any atom is -0.419 e. The van der Waals surface area contributed by atoms with Gasteiger partial charge in [-0.1, -0.05) is 13.5 Å². The zero-order valence-corrected chi connectivity index (χ0v) is 8.46. The zero-order valence-electron chi connectivity index (χ0n) is 6.46. The van der Waals surface area contributed by atoms with Crippen LogP contribution in [0.5, 0.6) is 0 Å². The van der Waals surface area contributed by atoms with Gasteiger partial charge in [0.05, 0.1) is 6.26 Å². The van der Waals surface area contributed by atoms with Crippen molar-refractivity contribution in [3.05, 3.63) is 12.8 Å². The van der Waals surface area contributed by atoms with Crippen LogP contribution in [0.2, 0.25) is 0 Å². The van der Waals surface area contributed by atoms with Crippen LogP contribution < -0.4 is 0 Å². The molecule has 0 spiro atoms. The fourth-order valence-electron chi connectivity index (χ4n) is 0.588. The average molecular weight is 159 g/mol. The van der Waals surface area contributed by atoms with Crippen molar-refractivity contribution in [3.63, 3.8) is 0 Å².